The van der Waals surface area contributed by atoms with E-state index in [4.69, 9.17) is 4.74 Å². The number of methoxy groups -OCH3 is 1. The number of nitrogens with one attached hydrogen (secondary N) is 1. The molecule has 0 spiro atoms. The third-order valence-corrected chi connectivity index (χ3v) is 5.88. The first kappa shape index (κ1) is 25.2. The number of rotatable bonds is 7. The molecule has 10 heteroatoms. The first-order chi connectivity index (χ1) is 17.1. The predicted molar refractivity (Wildman–Crippen MR) is 131 cm³/mol. The maximum atomic E-state index is 14.5. The van der Waals surface area contributed by atoms with Crippen molar-refractivity contribution < 1.29 is 22.3 Å². The second kappa shape index (κ2) is 9.96. The summed E-state index contributed by atoms with van der Waals surface area (Å²) in [5, 5.41) is 3.65. The number of nitrogens with zero attached hydrogens (tertiary/aromatic N) is 4. The summed E-state index contributed by atoms with van der Waals surface area (Å²) in [6.07, 6.45) is -2.31. The average molecular weight is 500 g/mol. The van der Waals surface area contributed by atoms with Crippen LogP contribution in [-0.4, -0.2) is 29.1 Å². The molecule has 2 aromatic carbocycles. The minimum absolute atomic E-state index is 0.112. The highest BCUT2D eigenvalue weighted by atomic mass is 19.4. The summed E-state index contributed by atoms with van der Waals surface area (Å²) in [5.41, 5.74) is 1.87. The van der Waals surface area contributed by atoms with E-state index in [1.165, 1.54) is 12.1 Å². The minimum atomic E-state index is -4.77. The van der Waals surface area contributed by atoms with Crippen molar-refractivity contribution in [2.24, 2.45) is 0 Å². The largest absolute Gasteiger partial charge is 0.481 e. The van der Waals surface area contributed by atoms with Gasteiger partial charge in [0.15, 0.2) is 0 Å². The molecule has 0 amide bonds. The van der Waals surface area contributed by atoms with E-state index in [2.05, 4.69) is 20.3 Å². The van der Waals surface area contributed by atoms with Gasteiger partial charge in [0.1, 0.15) is 17.5 Å². The second-order valence-electron chi connectivity index (χ2n) is 8.23. The van der Waals surface area contributed by atoms with Crippen LogP contribution in [0.3, 0.4) is 0 Å². The number of fused-ring (bicyclic) bond motifs is 1. The van der Waals surface area contributed by atoms with Gasteiger partial charge in [-0.2, -0.15) is 13.2 Å². The lowest BCUT2D eigenvalue weighted by atomic mass is 10.1. The van der Waals surface area contributed by atoms with E-state index in [1.807, 2.05) is 43.1 Å². The summed E-state index contributed by atoms with van der Waals surface area (Å²) < 4.78 is 59.2. The SMILES string of the molecule is CCc1cc(N(C)c2ccc3nc(C)nc(NCc4cccc(C(F)(F)F)c4F)c3c2)cnc1OC. The summed E-state index contributed by atoms with van der Waals surface area (Å²) in [5.74, 6) is 0.145. The Morgan fingerprint density at radius 2 is 1.81 bits per heavy atom. The smallest absolute Gasteiger partial charge is 0.419 e. The van der Waals surface area contributed by atoms with Gasteiger partial charge in [-0.3, -0.25) is 0 Å². The van der Waals surface area contributed by atoms with E-state index in [0.717, 1.165) is 29.4 Å². The van der Waals surface area contributed by atoms with Gasteiger partial charge in [0.25, 0.3) is 0 Å². The highest BCUT2D eigenvalue weighted by molar-refractivity contribution is 5.92. The van der Waals surface area contributed by atoms with Gasteiger partial charge in [-0.05, 0) is 43.7 Å². The summed E-state index contributed by atoms with van der Waals surface area (Å²) >= 11 is 0. The Kier molecular flexibility index (Phi) is 6.96. The van der Waals surface area contributed by atoms with Gasteiger partial charge in [0.2, 0.25) is 5.88 Å². The molecule has 0 fully saturated rings. The van der Waals surface area contributed by atoms with Crippen LogP contribution < -0.4 is 15.0 Å². The lowest BCUT2D eigenvalue weighted by Crippen LogP contribution is -2.13. The Morgan fingerprint density at radius 1 is 1.03 bits per heavy atom. The van der Waals surface area contributed by atoms with Crippen molar-refractivity contribution in [3.63, 3.8) is 0 Å². The van der Waals surface area contributed by atoms with Crippen LogP contribution in [0, 0.1) is 12.7 Å². The highest BCUT2D eigenvalue weighted by Gasteiger charge is 2.34. The number of aromatic nitrogens is 3. The molecular formula is C26H25F4N5O. The van der Waals surface area contributed by atoms with Gasteiger partial charge in [-0.15, -0.1) is 0 Å². The molecule has 0 atom stereocenters. The number of ether oxygens (including phenoxy) is 1. The zero-order valence-electron chi connectivity index (χ0n) is 20.2. The molecule has 0 radical (unpaired) electrons. The highest BCUT2D eigenvalue weighted by Crippen LogP contribution is 2.34. The number of benzene rings is 2. The Labute approximate surface area is 206 Å². The monoisotopic (exact) mass is 499 g/mol. The number of alkyl halides is 3. The van der Waals surface area contributed by atoms with Crippen molar-refractivity contribution in [1.29, 1.82) is 0 Å². The van der Waals surface area contributed by atoms with Crippen molar-refractivity contribution >= 4 is 28.1 Å². The normalized spacial score (nSPS) is 11.6. The van der Waals surface area contributed by atoms with Crippen molar-refractivity contribution in [2.75, 3.05) is 24.4 Å². The molecule has 188 valence electrons. The van der Waals surface area contributed by atoms with E-state index >= 15 is 0 Å². The summed E-state index contributed by atoms with van der Waals surface area (Å²) in [6, 6.07) is 10.8. The third-order valence-electron chi connectivity index (χ3n) is 5.88. The molecule has 2 heterocycles. The van der Waals surface area contributed by atoms with E-state index in [9.17, 15) is 17.6 Å². The molecule has 36 heavy (non-hydrogen) atoms. The van der Waals surface area contributed by atoms with Gasteiger partial charge in [0, 0.05) is 35.8 Å². The Bertz CT molecular complexity index is 1410. The quantitative estimate of drug-likeness (QED) is 0.295. The summed E-state index contributed by atoms with van der Waals surface area (Å²) in [7, 11) is 3.47. The molecule has 0 saturated carbocycles. The number of hydrogen-bond donors (Lipinski definition) is 1. The van der Waals surface area contributed by atoms with Gasteiger partial charge < -0.3 is 15.0 Å². The lowest BCUT2D eigenvalue weighted by Gasteiger charge is -2.21. The van der Waals surface area contributed by atoms with E-state index in [1.54, 1.807) is 20.2 Å². The van der Waals surface area contributed by atoms with Crippen LogP contribution >= 0.6 is 0 Å². The number of pyridine rings is 1. The van der Waals surface area contributed by atoms with Crippen LogP contribution in [0.2, 0.25) is 0 Å². The molecule has 0 aliphatic carbocycles. The molecule has 0 saturated heterocycles. The second-order valence-corrected chi connectivity index (χ2v) is 8.23. The van der Waals surface area contributed by atoms with Crippen molar-refractivity contribution in [1.82, 2.24) is 15.0 Å². The summed E-state index contributed by atoms with van der Waals surface area (Å²) in [4.78, 5) is 15.2. The van der Waals surface area contributed by atoms with Crippen LogP contribution in [0.25, 0.3) is 10.9 Å². The fourth-order valence-corrected chi connectivity index (χ4v) is 3.94. The first-order valence-corrected chi connectivity index (χ1v) is 11.3. The predicted octanol–water partition coefficient (Wildman–Crippen LogP) is 6.44. The Morgan fingerprint density at radius 3 is 2.50 bits per heavy atom. The first-order valence-electron chi connectivity index (χ1n) is 11.3. The maximum Gasteiger partial charge on any atom is 0.419 e. The molecule has 4 aromatic rings. The van der Waals surface area contributed by atoms with Gasteiger partial charge in [-0.25, -0.2) is 19.3 Å². The van der Waals surface area contributed by atoms with E-state index < -0.39 is 17.6 Å². The zero-order chi connectivity index (χ0) is 26.0. The van der Waals surface area contributed by atoms with Gasteiger partial charge >= 0.3 is 6.18 Å². The van der Waals surface area contributed by atoms with Gasteiger partial charge in [-0.1, -0.05) is 19.1 Å². The Balaban J connectivity index is 1.68. The van der Waals surface area contributed by atoms with Crippen LogP contribution in [0.4, 0.5) is 34.8 Å². The van der Waals surface area contributed by atoms with Crippen molar-refractivity contribution in [3.05, 3.63) is 77.0 Å². The number of hydrogen-bond acceptors (Lipinski definition) is 6. The summed E-state index contributed by atoms with van der Waals surface area (Å²) in [6.45, 7) is 3.55. The number of anilines is 3. The molecule has 1 N–H and O–H groups in total. The minimum Gasteiger partial charge on any atom is -0.481 e. The number of halogens is 4. The molecule has 0 aliphatic heterocycles. The van der Waals surface area contributed by atoms with Crippen LogP contribution in [-0.2, 0) is 19.1 Å². The molecule has 0 unspecified atom stereocenters. The number of aryl methyl sites for hydroxylation is 2. The van der Waals surface area contributed by atoms with E-state index in [0.29, 0.717) is 28.4 Å². The Hall–Kier alpha value is -3.95. The molecular weight excluding hydrogens is 474 g/mol. The molecule has 0 bridgehead atoms. The van der Waals surface area contributed by atoms with Crippen LogP contribution in [0.5, 0.6) is 5.88 Å². The van der Waals surface area contributed by atoms with E-state index in [-0.39, 0.29) is 12.1 Å². The zero-order valence-corrected chi connectivity index (χ0v) is 20.2. The van der Waals surface area contributed by atoms with Crippen LogP contribution in [0.1, 0.15) is 29.4 Å². The molecule has 2 aromatic heterocycles. The van der Waals surface area contributed by atoms with Crippen LogP contribution in [0.15, 0.2) is 48.7 Å². The average Bonchev–Trinajstić information content (AvgIpc) is 2.86. The maximum absolute atomic E-state index is 14.5. The van der Waals surface area contributed by atoms with Crippen molar-refractivity contribution in [2.45, 2.75) is 33.0 Å². The van der Waals surface area contributed by atoms with Crippen molar-refractivity contribution in [3.8, 4) is 5.88 Å². The topological polar surface area (TPSA) is 63.2 Å². The molecule has 6 nitrogen and oxygen atoms in total. The van der Waals surface area contributed by atoms with Gasteiger partial charge in [0.05, 0.1) is 30.1 Å². The fraction of sp³-hybridized carbons (Fsp3) is 0.269. The standard InChI is InChI=1S/C26H25F4N5O/c1-5-16-11-19(14-32-25(16)36-4)35(3)18-9-10-22-20(12-18)24(34-15(2)33-22)31-13-17-7-6-8-21(23(17)27)26(28,29)30/h6-12,14H,5,13H2,1-4H3,(H,31,33,34). The molecule has 0 aliphatic rings. The lowest BCUT2D eigenvalue weighted by molar-refractivity contribution is -0.140. The fourth-order valence-electron chi connectivity index (χ4n) is 3.94. The molecule has 4 rings (SSSR count). The third kappa shape index (κ3) is 5.02.